The Morgan fingerprint density at radius 3 is 2.50 bits per heavy atom. The van der Waals surface area contributed by atoms with Gasteiger partial charge in [0.05, 0.1) is 6.33 Å². The number of ether oxygens (including phenoxy) is 4. The zero-order valence-corrected chi connectivity index (χ0v) is 18.8. The molecule has 0 radical (unpaired) electrons. The minimum absolute atomic E-state index is 0.0240. The molecule has 0 aliphatic carbocycles. The molecule has 1 saturated heterocycles. The number of carbonyl (C=O) groups is 3. The third-order valence-corrected chi connectivity index (χ3v) is 4.83. The number of imidazole rings is 1. The Balaban J connectivity index is 1.67. The number of benzene rings is 1. The number of amides is 1. The molecule has 12 nitrogen and oxygen atoms in total. The molecule has 0 bridgehead atoms. The summed E-state index contributed by atoms with van der Waals surface area (Å²) in [5.41, 5.74) is 1.58. The second-order valence-electron chi connectivity index (χ2n) is 7.58. The Labute approximate surface area is 194 Å². The fourth-order valence-corrected chi connectivity index (χ4v) is 3.51. The summed E-state index contributed by atoms with van der Waals surface area (Å²) in [7, 11) is 0. The van der Waals surface area contributed by atoms with E-state index >= 15 is 0 Å². The molecule has 1 N–H and O–H groups in total. The first-order valence-corrected chi connectivity index (χ1v) is 10.5. The molecule has 1 amide bonds. The average Bonchev–Trinajstić information content (AvgIpc) is 3.35. The quantitative estimate of drug-likeness (QED) is 0.511. The number of aromatic nitrogens is 4. The number of fused-ring (bicyclic) bond motifs is 1. The number of esters is 2. The summed E-state index contributed by atoms with van der Waals surface area (Å²) in [6, 6.07) is 9.49. The Bertz CT molecular complexity index is 1190. The summed E-state index contributed by atoms with van der Waals surface area (Å²) in [6.45, 7) is 4.05. The summed E-state index contributed by atoms with van der Waals surface area (Å²) < 4.78 is 23.7. The lowest BCUT2D eigenvalue weighted by molar-refractivity contribution is -0.198. The summed E-state index contributed by atoms with van der Waals surface area (Å²) in [5, 5.41) is 2.55. The SMILES string of the molecule is CC(=O)Nc1nc(OCc2ccccc2)c2ncn([C@H]3C[C@H](OC(C)=O)[C@@H](OC(C)=O)O3)c2n1. The van der Waals surface area contributed by atoms with Gasteiger partial charge >= 0.3 is 11.9 Å². The van der Waals surface area contributed by atoms with E-state index in [1.165, 1.54) is 27.1 Å². The summed E-state index contributed by atoms with van der Waals surface area (Å²) in [4.78, 5) is 47.7. The summed E-state index contributed by atoms with van der Waals surface area (Å²) in [6.07, 6.45) is -0.968. The molecule has 4 rings (SSSR count). The number of hydrogen-bond donors (Lipinski definition) is 1. The first kappa shape index (κ1) is 23.1. The van der Waals surface area contributed by atoms with E-state index in [0.717, 1.165) is 5.56 Å². The van der Waals surface area contributed by atoms with Gasteiger partial charge in [0.15, 0.2) is 17.3 Å². The van der Waals surface area contributed by atoms with Crippen LogP contribution in [-0.2, 0) is 35.2 Å². The van der Waals surface area contributed by atoms with Crippen molar-refractivity contribution in [3.8, 4) is 5.88 Å². The maximum Gasteiger partial charge on any atom is 0.305 e. The van der Waals surface area contributed by atoms with Gasteiger partial charge in [0.25, 0.3) is 0 Å². The maximum absolute atomic E-state index is 11.6. The van der Waals surface area contributed by atoms with Crippen molar-refractivity contribution in [2.24, 2.45) is 0 Å². The van der Waals surface area contributed by atoms with E-state index in [9.17, 15) is 14.4 Å². The fourth-order valence-electron chi connectivity index (χ4n) is 3.51. The van der Waals surface area contributed by atoms with E-state index in [1.54, 1.807) is 4.57 Å². The molecule has 2 aromatic heterocycles. The van der Waals surface area contributed by atoms with Gasteiger partial charge < -0.3 is 18.9 Å². The van der Waals surface area contributed by atoms with E-state index in [4.69, 9.17) is 18.9 Å². The Morgan fingerprint density at radius 2 is 1.82 bits per heavy atom. The van der Waals surface area contributed by atoms with E-state index in [1.807, 2.05) is 30.3 Å². The van der Waals surface area contributed by atoms with Crippen LogP contribution in [0.4, 0.5) is 5.95 Å². The second kappa shape index (κ2) is 9.83. The molecule has 3 atom stereocenters. The highest BCUT2D eigenvalue weighted by Gasteiger charge is 2.41. The molecule has 12 heteroatoms. The van der Waals surface area contributed by atoms with E-state index < -0.39 is 30.6 Å². The molecule has 0 saturated carbocycles. The van der Waals surface area contributed by atoms with Crippen LogP contribution in [0, 0.1) is 0 Å². The van der Waals surface area contributed by atoms with Gasteiger partial charge in [-0.3, -0.25) is 24.3 Å². The van der Waals surface area contributed by atoms with E-state index in [2.05, 4.69) is 20.3 Å². The molecule has 3 heterocycles. The van der Waals surface area contributed by atoms with Crippen molar-refractivity contribution in [3.63, 3.8) is 0 Å². The van der Waals surface area contributed by atoms with Crippen molar-refractivity contribution in [2.75, 3.05) is 5.32 Å². The zero-order valence-electron chi connectivity index (χ0n) is 18.8. The number of carbonyl (C=O) groups excluding carboxylic acids is 3. The molecule has 1 aliphatic rings. The van der Waals surface area contributed by atoms with E-state index in [-0.39, 0.29) is 30.8 Å². The Hall–Kier alpha value is -4.06. The molecule has 1 aromatic carbocycles. The van der Waals surface area contributed by atoms with Gasteiger partial charge in [-0.15, -0.1) is 0 Å². The minimum Gasteiger partial charge on any atom is -0.471 e. The normalized spacial score (nSPS) is 19.6. The maximum atomic E-state index is 11.6. The van der Waals surface area contributed by atoms with Crippen LogP contribution in [0.1, 0.15) is 39.0 Å². The van der Waals surface area contributed by atoms with Gasteiger partial charge in [0, 0.05) is 27.2 Å². The van der Waals surface area contributed by atoms with Gasteiger partial charge in [-0.05, 0) is 5.56 Å². The average molecular weight is 469 g/mol. The highest BCUT2D eigenvalue weighted by Crippen LogP contribution is 2.35. The number of rotatable bonds is 7. The summed E-state index contributed by atoms with van der Waals surface area (Å²) >= 11 is 0. The monoisotopic (exact) mass is 469 g/mol. The van der Waals surface area contributed by atoms with Gasteiger partial charge in [-0.25, -0.2) is 4.98 Å². The first-order chi connectivity index (χ1) is 16.3. The Morgan fingerprint density at radius 1 is 1.09 bits per heavy atom. The molecule has 1 aliphatic heterocycles. The van der Waals surface area contributed by atoms with Crippen LogP contribution in [0.3, 0.4) is 0 Å². The molecular formula is C22H23N5O7. The lowest BCUT2D eigenvalue weighted by Gasteiger charge is -2.17. The lowest BCUT2D eigenvalue weighted by atomic mass is 10.2. The topological polar surface area (TPSA) is 144 Å². The fraction of sp³-hybridized carbons (Fsp3) is 0.364. The lowest BCUT2D eigenvalue weighted by Crippen LogP contribution is -2.30. The highest BCUT2D eigenvalue weighted by atomic mass is 16.7. The van der Waals surface area contributed by atoms with Gasteiger partial charge in [-0.2, -0.15) is 9.97 Å². The van der Waals surface area contributed by atoms with Gasteiger partial charge in [0.2, 0.25) is 24.0 Å². The molecular weight excluding hydrogens is 446 g/mol. The Kier molecular flexibility index (Phi) is 6.68. The van der Waals surface area contributed by atoms with Crippen LogP contribution in [0.15, 0.2) is 36.7 Å². The van der Waals surface area contributed by atoms with Crippen molar-refractivity contribution in [3.05, 3.63) is 42.2 Å². The predicted molar refractivity (Wildman–Crippen MR) is 116 cm³/mol. The van der Waals surface area contributed by atoms with Crippen LogP contribution in [0.25, 0.3) is 11.2 Å². The predicted octanol–water partition coefficient (Wildman–Crippen LogP) is 2.10. The standard InChI is InChI=1S/C22H23N5O7/c1-12(28)24-22-25-19-18(20(26-22)31-10-15-7-5-4-6-8-15)23-11-27(19)17-9-16(32-13(2)29)21(34-17)33-14(3)30/h4-8,11,16-17,21H,9-10H2,1-3H3,(H,24,25,26,28)/t16-,17+,21-/m0/s1. The van der Waals surface area contributed by atoms with E-state index in [0.29, 0.717) is 11.2 Å². The summed E-state index contributed by atoms with van der Waals surface area (Å²) in [5.74, 6) is -1.28. The van der Waals surface area contributed by atoms with Crippen LogP contribution in [-0.4, -0.2) is 49.8 Å². The number of anilines is 1. The molecule has 3 aromatic rings. The third-order valence-electron chi connectivity index (χ3n) is 4.83. The third kappa shape index (κ3) is 5.29. The van der Waals surface area contributed by atoms with Crippen molar-refractivity contribution >= 4 is 35.0 Å². The van der Waals surface area contributed by atoms with Crippen LogP contribution >= 0.6 is 0 Å². The van der Waals surface area contributed by atoms with Crippen molar-refractivity contribution in [2.45, 2.75) is 52.4 Å². The second-order valence-corrected chi connectivity index (χ2v) is 7.58. The molecule has 1 fully saturated rings. The van der Waals surface area contributed by atoms with Crippen LogP contribution in [0.2, 0.25) is 0 Å². The van der Waals surface area contributed by atoms with Crippen molar-refractivity contribution < 1.29 is 33.3 Å². The number of nitrogens with one attached hydrogen (secondary N) is 1. The number of nitrogens with zero attached hydrogens (tertiary/aromatic N) is 4. The van der Waals surface area contributed by atoms with Crippen molar-refractivity contribution in [1.82, 2.24) is 19.5 Å². The van der Waals surface area contributed by atoms with Gasteiger partial charge in [0.1, 0.15) is 12.8 Å². The highest BCUT2D eigenvalue weighted by molar-refractivity contribution is 5.88. The zero-order chi connectivity index (χ0) is 24.2. The largest absolute Gasteiger partial charge is 0.471 e. The first-order valence-electron chi connectivity index (χ1n) is 10.5. The van der Waals surface area contributed by atoms with Crippen molar-refractivity contribution in [1.29, 1.82) is 0 Å². The van der Waals surface area contributed by atoms with Gasteiger partial charge in [-0.1, -0.05) is 30.3 Å². The molecule has 0 spiro atoms. The molecule has 178 valence electrons. The van der Waals surface area contributed by atoms with Crippen LogP contribution in [0.5, 0.6) is 5.88 Å². The smallest absolute Gasteiger partial charge is 0.305 e. The molecule has 0 unspecified atom stereocenters. The molecule has 34 heavy (non-hydrogen) atoms. The van der Waals surface area contributed by atoms with Crippen LogP contribution < -0.4 is 10.1 Å². The number of hydrogen-bond acceptors (Lipinski definition) is 10. The minimum atomic E-state index is -1.09.